The van der Waals surface area contributed by atoms with E-state index in [-0.39, 0.29) is 0 Å². The Kier molecular flexibility index (Phi) is 3.08. The van der Waals surface area contributed by atoms with Crippen molar-refractivity contribution in [3.05, 3.63) is 24.0 Å². The Labute approximate surface area is 95.7 Å². The maximum absolute atomic E-state index is 8.67. The van der Waals surface area contributed by atoms with Gasteiger partial charge in [0.25, 0.3) is 0 Å². The lowest BCUT2D eigenvalue weighted by Gasteiger charge is -2.21. The zero-order valence-electron chi connectivity index (χ0n) is 9.06. The van der Waals surface area contributed by atoms with Crippen molar-refractivity contribution < 1.29 is 0 Å². The first kappa shape index (κ1) is 10.5. The molecule has 0 amide bonds. The maximum atomic E-state index is 8.67. The highest BCUT2D eigenvalue weighted by atomic mass is 15.1. The smallest absolute Gasteiger partial charge is 0.140 e. The van der Waals surface area contributed by atoms with Gasteiger partial charge in [-0.25, -0.2) is 4.98 Å². The predicted octanol–water partition coefficient (Wildman–Crippen LogP) is 1.80. The molecule has 3 heteroatoms. The van der Waals surface area contributed by atoms with E-state index in [1.165, 1.54) is 12.8 Å². The second-order valence-electron chi connectivity index (χ2n) is 4.04. The topological polar surface area (TPSA) is 39.9 Å². The van der Waals surface area contributed by atoms with Gasteiger partial charge in [-0.15, -0.1) is 6.42 Å². The monoisotopic (exact) mass is 211 g/mol. The highest BCUT2D eigenvalue weighted by Gasteiger charge is 2.24. The lowest BCUT2D eigenvalue weighted by Crippen LogP contribution is -2.26. The van der Waals surface area contributed by atoms with Gasteiger partial charge in [-0.1, -0.05) is 5.92 Å². The summed E-state index contributed by atoms with van der Waals surface area (Å²) in [5.74, 6) is 3.44. The molecule has 1 fully saturated rings. The summed E-state index contributed by atoms with van der Waals surface area (Å²) in [6, 6.07) is 5.64. The number of aromatic nitrogens is 1. The van der Waals surface area contributed by atoms with Crippen LogP contribution in [0.5, 0.6) is 0 Å². The number of hydrogen-bond donors (Lipinski definition) is 0. The Morgan fingerprint density at radius 1 is 1.50 bits per heavy atom. The van der Waals surface area contributed by atoms with Gasteiger partial charge >= 0.3 is 0 Å². The molecular formula is C13H13N3. The Bertz CT molecular complexity index is 432. The third kappa shape index (κ3) is 2.52. The molecule has 2 rings (SSSR count). The van der Waals surface area contributed by atoms with Crippen molar-refractivity contribution in [1.82, 2.24) is 4.98 Å². The average molecular weight is 211 g/mol. The molecule has 0 atom stereocenters. The van der Waals surface area contributed by atoms with Crippen LogP contribution in [0.25, 0.3) is 0 Å². The third-order valence-electron chi connectivity index (χ3n) is 2.69. The van der Waals surface area contributed by atoms with E-state index < -0.39 is 0 Å². The van der Waals surface area contributed by atoms with Gasteiger partial charge in [0, 0.05) is 6.54 Å². The summed E-state index contributed by atoms with van der Waals surface area (Å²) in [6.07, 6.45) is 9.67. The van der Waals surface area contributed by atoms with Crippen molar-refractivity contribution >= 4 is 5.69 Å². The van der Waals surface area contributed by atoms with E-state index in [1.807, 2.05) is 12.1 Å². The second-order valence-corrected chi connectivity index (χ2v) is 4.04. The highest BCUT2D eigenvalue weighted by molar-refractivity contribution is 5.47. The Balaban J connectivity index is 2.11. The van der Waals surface area contributed by atoms with E-state index in [0.29, 0.717) is 12.2 Å². The zero-order chi connectivity index (χ0) is 11.4. The minimum Gasteiger partial charge on any atom is -0.359 e. The maximum Gasteiger partial charge on any atom is 0.140 e. The van der Waals surface area contributed by atoms with Gasteiger partial charge < -0.3 is 4.90 Å². The zero-order valence-corrected chi connectivity index (χ0v) is 9.06. The highest BCUT2D eigenvalue weighted by Crippen LogP contribution is 2.31. The van der Waals surface area contributed by atoms with Crippen LogP contribution in [-0.2, 0) is 0 Å². The summed E-state index contributed by atoms with van der Waals surface area (Å²) in [5.41, 5.74) is 1.44. The van der Waals surface area contributed by atoms with E-state index in [4.69, 9.17) is 11.7 Å². The summed E-state index contributed by atoms with van der Waals surface area (Å²) >= 11 is 0. The van der Waals surface area contributed by atoms with Crippen molar-refractivity contribution in [1.29, 1.82) is 5.26 Å². The van der Waals surface area contributed by atoms with Gasteiger partial charge in [0.1, 0.15) is 11.8 Å². The third-order valence-corrected chi connectivity index (χ3v) is 2.69. The fraction of sp³-hybridized carbons (Fsp3) is 0.385. The number of terminal acetylenes is 1. The minimum atomic E-state index is 0.441. The standard InChI is InChI=1S/C13H13N3/c1-2-7-16(10-11-3-4-11)13-6-5-12(8-14)15-9-13/h1,5-6,9,11H,3-4,7,10H2. The van der Waals surface area contributed by atoms with Gasteiger partial charge in [0.15, 0.2) is 0 Å². The van der Waals surface area contributed by atoms with Crippen LogP contribution in [0, 0.1) is 29.6 Å². The molecule has 1 aromatic rings. The molecule has 0 bridgehead atoms. The van der Waals surface area contributed by atoms with Crippen LogP contribution in [0.15, 0.2) is 18.3 Å². The van der Waals surface area contributed by atoms with Crippen LogP contribution in [0.1, 0.15) is 18.5 Å². The van der Waals surface area contributed by atoms with Crippen molar-refractivity contribution in [3.63, 3.8) is 0 Å². The number of anilines is 1. The molecule has 0 radical (unpaired) electrons. The summed E-state index contributed by atoms with van der Waals surface area (Å²) in [4.78, 5) is 6.20. The molecule has 0 spiro atoms. The molecule has 0 aromatic carbocycles. The van der Waals surface area contributed by atoms with Gasteiger partial charge in [0.2, 0.25) is 0 Å². The molecule has 1 aromatic heterocycles. The van der Waals surface area contributed by atoms with Gasteiger partial charge in [-0.3, -0.25) is 0 Å². The fourth-order valence-electron chi connectivity index (χ4n) is 1.62. The lowest BCUT2D eigenvalue weighted by molar-refractivity contribution is 0.763. The molecule has 1 aliphatic carbocycles. The van der Waals surface area contributed by atoms with E-state index in [2.05, 4.69) is 15.8 Å². The first-order valence-electron chi connectivity index (χ1n) is 5.38. The van der Waals surface area contributed by atoms with E-state index >= 15 is 0 Å². The van der Waals surface area contributed by atoms with Gasteiger partial charge in [-0.05, 0) is 30.9 Å². The molecule has 1 aliphatic rings. The molecule has 3 nitrogen and oxygen atoms in total. The quantitative estimate of drug-likeness (QED) is 0.713. The van der Waals surface area contributed by atoms with Crippen LogP contribution in [0.3, 0.4) is 0 Å². The second kappa shape index (κ2) is 4.68. The van der Waals surface area contributed by atoms with Crippen molar-refractivity contribution in [2.45, 2.75) is 12.8 Å². The summed E-state index contributed by atoms with van der Waals surface area (Å²) in [6.45, 7) is 1.60. The van der Waals surface area contributed by atoms with Gasteiger partial charge in [0.05, 0.1) is 18.4 Å². The van der Waals surface area contributed by atoms with E-state index in [1.54, 1.807) is 12.3 Å². The molecule has 16 heavy (non-hydrogen) atoms. The van der Waals surface area contributed by atoms with Crippen LogP contribution in [0.2, 0.25) is 0 Å². The minimum absolute atomic E-state index is 0.441. The van der Waals surface area contributed by atoms with E-state index in [0.717, 1.165) is 18.2 Å². The Hall–Kier alpha value is -2.00. The largest absolute Gasteiger partial charge is 0.359 e. The van der Waals surface area contributed by atoms with Crippen molar-refractivity contribution in [3.8, 4) is 18.4 Å². The summed E-state index contributed by atoms with van der Waals surface area (Å²) < 4.78 is 0. The molecular weight excluding hydrogens is 198 g/mol. The molecule has 0 N–H and O–H groups in total. The van der Waals surface area contributed by atoms with Crippen molar-refractivity contribution in [2.75, 3.05) is 18.0 Å². The molecule has 1 heterocycles. The molecule has 80 valence electrons. The normalized spacial score (nSPS) is 13.9. The lowest BCUT2D eigenvalue weighted by atomic mass is 10.3. The number of nitrogens with zero attached hydrogens (tertiary/aromatic N) is 3. The van der Waals surface area contributed by atoms with E-state index in [9.17, 15) is 0 Å². The van der Waals surface area contributed by atoms with Crippen molar-refractivity contribution in [2.24, 2.45) is 5.92 Å². The first-order valence-corrected chi connectivity index (χ1v) is 5.38. The fourth-order valence-corrected chi connectivity index (χ4v) is 1.62. The molecule has 1 saturated carbocycles. The van der Waals surface area contributed by atoms with Crippen LogP contribution in [-0.4, -0.2) is 18.1 Å². The number of nitriles is 1. The van der Waals surface area contributed by atoms with Gasteiger partial charge in [-0.2, -0.15) is 5.26 Å². The summed E-state index contributed by atoms with van der Waals surface area (Å²) in [5, 5.41) is 8.67. The Morgan fingerprint density at radius 3 is 2.81 bits per heavy atom. The number of pyridine rings is 1. The SMILES string of the molecule is C#CCN(CC1CC1)c1ccc(C#N)nc1. The predicted molar refractivity (Wildman–Crippen MR) is 62.7 cm³/mol. The molecule has 0 unspecified atom stereocenters. The molecule has 0 aliphatic heterocycles. The van der Waals surface area contributed by atoms with Crippen LogP contribution >= 0.6 is 0 Å². The molecule has 0 saturated heterocycles. The summed E-state index contributed by atoms with van der Waals surface area (Å²) in [7, 11) is 0. The first-order chi connectivity index (χ1) is 7.83. The van der Waals surface area contributed by atoms with Crippen LogP contribution < -0.4 is 4.90 Å². The van der Waals surface area contributed by atoms with Crippen LogP contribution in [0.4, 0.5) is 5.69 Å². The number of hydrogen-bond acceptors (Lipinski definition) is 3. The Morgan fingerprint density at radius 2 is 2.31 bits per heavy atom. The number of rotatable bonds is 4. The average Bonchev–Trinajstić information content (AvgIpc) is 3.13.